The average molecular weight is 344 g/mol. The van der Waals surface area contributed by atoms with Gasteiger partial charge in [-0.3, -0.25) is 0 Å². The van der Waals surface area contributed by atoms with Crippen LogP contribution >= 0.6 is 27.5 Å². The van der Waals surface area contributed by atoms with Crippen molar-refractivity contribution in [3.8, 4) is 0 Å². The molecule has 0 fully saturated rings. The molecule has 0 heterocycles. The number of halogens is 3. The molecule has 0 spiro atoms. The molecular weight excluding hydrogens is 331 g/mol. The third kappa shape index (κ3) is 3.78. The molecule has 0 aliphatic heterocycles. The maximum Gasteiger partial charge on any atom is 0.128 e. The minimum atomic E-state index is -0.255. The molecule has 0 aliphatic carbocycles. The SMILES string of the molecule is Fc1ccccc1COC(CBr)c1ccccc1Cl. The van der Waals surface area contributed by atoms with E-state index in [1.807, 2.05) is 24.3 Å². The van der Waals surface area contributed by atoms with E-state index in [9.17, 15) is 4.39 Å². The lowest BCUT2D eigenvalue weighted by atomic mass is 10.1. The molecule has 1 atom stereocenters. The molecule has 2 aromatic rings. The second kappa shape index (κ2) is 7.04. The Hall–Kier alpha value is -0.900. The molecule has 100 valence electrons. The van der Waals surface area contributed by atoms with Crippen LogP contribution in [0.2, 0.25) is 5.02 Å². The maximum absolute atomic E-state index is 13.5. The van der Waals surface area contributed by atoms with Gasteiger partial charge in [-0.2, -0.15) is 0 Å². The third-order valence-corrected chi connectivity index (χ3v) is 3.72. The Morgan fingerprint density at radius 2 is 1.79 bits per heavy atom. The summed E-state index contributed by atoms with van der Waals surface area (Å²) < 4.78 is 19.3. The summed E-state index contributed by atoms with van der Waals surface area (Å²) in [6.07, 6.45) is -0.201. The van der Waals surface area contributed by atoms with Gasteiger partial charge >= 0.3 is 0 Å². The van der Waals surface area contributed by atoms with Crippen molar-refractivity contribution >= 4 is 27.5 Å². The highest BCUT2D eigenvalue weighted by molar-refractivity contribution is 9.09. The molecular formula is C15H13BrClFO. The number of benzene rings is 2. The van der Waals surface area contributed by atoms with Crippen molar-refractivity contribution in [3.63, 3.8) is 0 Å². The molecule has 0 bridgehead atoms. The zero-order valence-corrected chi connectivity index (χ0v) is 12.5. The zero-order chi connectivity index (χ0) is 13.7. The number of ether oxygens (including phenoxy) is 1. The molecule has 4 heteroatoms. The van der Waals surface area contributed by atoms with Crippen LogP contribution in [-0.2, 0) is 11.3 Å². The normalized spacial score (nSPS) is 12.4. The first-order valence-electron chi connectivity index (χ1n) is 5.87. The van der Waals surface area contributed by atoms with Gasteiger partial charge in [0.15, 0.2) is 0 Å². The monoisotopic (exact) mass is 342 g/mol. The van der Waals surface area contributed by atoms with Crippen molar-refractivity contribution in [1.82, 2.24) is 0 Å². The number of hydrogen-bond acceptors (Lipinski definition) is 1. The van der Waals surface area contributed by atoms with E-state index in [0.717, 1.165) is 5.56 Å². The molecule has 0 saturated heterocycles. The Bertz CT molecular complexity index is 547. The van der Waals surface area contributed by atoms with Crippen LogP contribution in [-0.4, -0.2) is 5.33 Å². The predicted molar refractivity (Wildman–Crippen MR) is 79.2 cm³/mol. The van der Waals surface area contributed by atoms with Gasteiger partial charge < -0.3 is 4.74 Å². The van der Waals surface area contributed by atoms with E-state index in [-0.39, 0.29) is 18.5 Å². The van der Waals surface area contributed by atoms with Crippen LogP contribution in [0, 0.1) is 5.82 Å². The quantitative estimate of drug-likeness (QED) is 0.684. The fourth-order valence-electron chi connectivity index (χ4n) is 1.76. The molecule has 19 heavy (non-hydrogen) atoms. The van der Waals surface area contributed by atoms with Gasteiger partial charge in [0, 0.05) is 21.5 Å². The summed E-state index contributed by atoms with van der Waals surface area (Å²) in [5.74, 6) is -0.255. The molecule has 2 rings (SSSR count). The molecule has 0 aromatic heterocycles. The van der Waals surface area contributed by atoms with Crippen LogP contribution in [0.25, 0.3) is 0 Å². The molecule has 1 unspecified atom stereocenters. The number of rotatable bonds is 5. The highest BCUT2D eigenvalue weighted by Gasteiger charge is 2.14. The van der Waals surface area contributed by atoms with Crippen LogP contribution < -0.4 is 0 Å². The first-order valence-corrected chi connectivity index (χ1v) is 7.37. The van der Waals surface area contributed by atoms with Crippen LogP contribution in [0.5, 0.6) is 0 Å². The van der Waals surface area contributed by atoms with Gasteiger partial charge in [0.1, 0.15) is 5.82 Å². The van der Waals surface area contributed by atoms with Crippen molar-refractivity contribution in [2.24, 2.45) is 0 Å². The molecule has 0 saturated carbocycles. The molecule has 0 N–H and O–H groups in total. The van der Waals surface area contributed by atoms with Crippen molar-refractivity contribution in [3.05, 3.63) is 70.5 Å². The number of hydrogen-bond donors (Lipinski definition) is 0. The van der Waals surface area contributed by atoms with E-state index in [4.69, 9.17) is 16.3 Å². The predicted octanol–water partition coefficient (Wildman–Crippen LogP) is 5.13. The van der Waals surface area contributed by atoms with Crippen LogP contribution in [0.1, 0.15) is 17.2 Å². The van der Waals surface area contributed by atoms with Gasteiger partial charge in [-0.25, -0.2) is 4.39 Å². The van der Waals surface area contributed by atoms with Gasteiger partial charge in [0.25, 0.3) is 0 Å². The molecule has 0 amide bonds. The molecule has 0 radical (unpaired) electrons. The Morgan fingerprint density at radius 1 is 1.11 bits per heavy atom. The smallest absolute Gasteiger partial charge is 0.128 e. The second-order valence-corrected chi connectivity index (χ2v) is 5.12. The van der Waals surface area contributed by atoms with Gasteiger partial charge in [-0.15, -0.1) is 0 Å². The lowest BCUT2D eigenvalue weighted by Gasteiger charge is -2.17. The summed E-state index contributed by atoms with van der Waals surface area (Å²) in [7, 11) is 0. The second-order valence-electron chi connectivity index (χ2n) is 4.07. The Balaban J connectivity index is 2.09. The summed E-state index contributed by atoms with van der Waals surface area (Å²) in [5.41, 5.74) is 1.44. The van der Waals surface area contributed by atoms with Crippen LogP contribution in [0.4, 0.5) is 4.39 Å². The minimum Gasteiger partial charge on any atom is -0.368 e. The van der Waals surface area contributed by atoms with Crippen molar-refractivity contribution in [2.75, 3.05) is 5.33 Å². The largest absolute Gasteiger partial charge is 0.368 e. The van der Waals surface area contributed by atoms with Crippen molar-refractivity contribution in [1.29, 1.82) is 0 Å². The number of alkyl halides is 1. The first kappa shape index (κ1) is 14.5. The van der Waals surface area contributed by atoms with E-state index in [1.165, 1.54) is 6.07 Å². The highest BCUT2D eigenvalue weighted by atomic mass is 79.9. The fourth-order valence-corrected chi connectivity index (χ4v) is 2.55. The summed E-state index contributed by atoms with van der Waals surface area (Å²) >= 11 is 9.54. The zero-order valence-electron chi connectivity index (χ0n) is 10.2. The maximum atomic E-state index is 13.5. The highest BCUT2D eigenvalue weighted by Crippen LogP contribution is 2.28. The first-order chi connectivity index (χ1) is 9.22. The lowest BCUT2D eigenvalue weighted by Crippen LogP contribution is -2.07. The van der Waals surface area contributed by atoms with Gasteiger partial charge in [0.2, 0.25) is 0 Å². The topological polar surface area (TPSA) is 9.23 Å². The van der Waals surface area contributed by atoms with E-state index in [2.05, 4.69) is 15.9 Å². The van der Waals surface area contributed by atoms with E-state index in [1.54, 1.807) is 18.2 Å². The van der Waals surface area contributed by atoms with Crippen LogP contribution in [0.15, 0.2) is 48.5 Å². The Morgan fingerprint density at radius 3 is 2.47 bits per heavy atom. The summed E-state index contributed by atoms with van der Waals surface area (Å²) in [5, 5.41) is 1.26. The van der Waals surface area contributed by atoms with E-state index in [0.29, 0.717) is 15.9 Å². The summed E-state index contributed by atoms with van der Waals surface area (Å²) in [4.78, 5) is 0. The van der Waals surface area contributed by atoms with E-state index >= 15 is 0 Å². The lowest BCUT2D eigenvalue weighted by molar-refractivity contribution is 0.0549. The minimum absolute atomic E-state index is 0.201. The van der Waals surface area contributed by atoms with Crippen molar-refractivity contribution in [2.45, 2.75) is 12.7 Å². The summed E-state index contributed by atoms with van der Waals surface area (Å²) in [6.45, 7) is 0.216. The van der Waals surface area contributed by atoms with E-state index < -0.39 is 0 Å². The van der Waals surface area contributed by atoms with Crippen LogP contribution in [0.3, 0.4) is 0 Å². The Labute approximate surface area is 125 Å². The summed E-state index contributed by atoms with van der Waals surface area (Å²) in [6, 6.07) is 14.1. The molecule has 0 aliphatic rings. The van der Waals surface area contributed by atoms with Gasteiger partial charge in [-0.1, -0.05) is 63.9 Å². The molecule has 2 aromatic carbocycles. The van der Waals surface area contributed by atoms with Gasteiger partial charge in [0.05, 0.1) is 12.7 Å². The average Bonchev–Trinajstić information content (AvgIpc) is 2.43. The molecule has 1 nitrogen and oxygen atoms in total. The Kier molecular flexibility index (Phi) is 5.37. The fraction of sp³-hybridized carbons (Fsp3) is 0.200. The van der Waals surface area contributed by atoms with Crippen molar-refractivity contribution < 1.29 is 9.13 Å². The standard InChI is InChI=1S/C15H13BrClFO/c16-9-15(12-6-2-3-7-13(12)17)19-10-11-5-1-4-8-14(11)18/h1-8,15H,9-10H2. The van der Waals surface area contributed by atoms with Gasteiger partial charge in [-0.05, 0) is 12.1 Å². The third-order valence-electron chi connectivity index (χ3n) is 2.79.